The number of methoxy groups -OCH3 is 1. The van der Waals surface area contributed by atoms with Gasteiger partial charge in [0.2, 0.25) is 10.0 Å². The van der Waals surface area contributed by atoms with Crippen LogP contribution in [0.4, 0.5) is 11.4 Å². The van der Waals surface area contributed by atoms with Gasteiger partial charge in [0.15, 0.2) is 12.4 Å². The van der Waals surface area contributed by atoms with E-state index in [0.29, 0.717) is 43.9 Å². The molecule has 0 saturated carbocycles. The fourth-order valence-electron chi connectivity index (χ4n) is 4.18. The molecule has 1 fully saturated rings. The molecule has 0 spiro atoms. The molecule has 0 radical (unpaired) electrons. The van der Waals surface area contributed by atoms with Gasteiger partial charge in [0, 0.05) is 25.3 Å². The molecule has 176 valence electrons. The number of nitro groups is 1. The fraction of sp³-hybridized carbons (Fsp3) is 0.409. The molecular formula is C22H25N3O7S. The highest BCUT2D eigenvalue weighted by atomic mass is 32.2. The molecule has 2 aromatic rings. The van der Waals surface area contributed by atoms with Gasteiger partial charge in [-0.2, -0.15) is 4.31 Å². The maximum Gasteiger partial charge on any atom is 0.314 e. The molecule has 0 N–H and O–H groups in total. The topological polar surface area (TPSA) is 119 Å². The highest BCUT2D eigenvalue weighted by Gasteiger charge is 2.30. The van der Waals surface area contributed by atoms with E-state index in [1.54, 1.807) is 17.0 Å². The number of carbonyl (C=O) groups excluding carboxylic acids is 1. The van der Waals surface area contributed by atoms with Crippen LogP contribution in [0, 0.1) is 10.1 Å². The van der Waals surface area contributed by atoms with Crippen molar-refractivity contribution < 1.29 is 27.6 Å². The van der Waals surface area contributed by atoms with Crippen molar-refractivity contribution in [3.05, 3.63) is 52.1 Å². The van der Waals surface area contributed by atoms with Crippen LogP contribution in [-0.4, -0.2) is 56.9 Å². The second-order valence-electron chi connectivity index (χ2n) is 7.93. The number of hydrogen-bond acceptors (Lipinski definition) is 7. The van der Waals surface area contributed by atoms with Crippen molar-refractivity contribution >= 4 is 27.3 Å². The van der Waals surface area contributed by atoms with E-state index in [-0.39, 0.29) is 28.8 Å². The van der Waals surface area contributed by atoms with E-state index in [4.69, 9.17) is 9.47 Å². The number of hydrogen-bond donors (Lipinski definition) is 0. The van der Waals surface area contributed by atoms with E-state index in [9.17, 15) is 23.3 Å². The van der Waals surface area contributed by atoms with Crippen LogP contribution in [0.25, 0.3) is 0 Å². The molecule has 10 nitrogen and oxygen atoms in total. The van der Waals surface area contributed by atoms with Crippen LogP contribution in [0.5, 0.6) is 11.5 Å². The number of rotatable bonds is 7. The molecule has 4 rings (SSSR count). The maximum atomic E-state index is 12.9. The summed E-state index contributed by atoms with van der Waals surface area (Å²) in [6.07, 6.45) is 3.06. The molecular weight excluding hydrogens is 450 g/mol. The monoisotopic (exact) mass is 475 g/mol. The minimum absolute atomic E-state index is 0.0292. The number of fused-ring (bicyclic) bond motifs is 1. The first-order valence-electron chi connectivity index (χ1n) is 10.7. The second-order valence-corrected chi connectivity index (χ2v) is 9.87. The van der Waals surface area contributed by atoms with Crippen molar-refractivity contribution in [2.45, 2.75) is 30.6 Å². The predicted octanol–water partition coefficient (Wildman–Crippen LogP) is 2.75. The van der Waals surface area contributed by atoms with Crippen LogP contribution in [-0.2, 0) is 21.2 Å². The summed E-state index contributed by atoms with van der Waals surface area (Å²) in [7, 11) is -2.14. The molecule has 1 saturated heterocycles. The Morgan fingerprint density at radius 2 is 1.85 bits per heavy atom. The van der Waals surface area contributed by atoms with Crippen LogP contribution in [0.15, 0.2) is 41.3 Å². The average Bonchev–Trinajstić information content (AvgIpc) is 3.37. The van der Waals surface area contributed by atoms with E-state index in [1.165, 1.54) is 35.7 Å². The van der Waals surface area contributed by atoms with Crippen molar-refractivity contribution in [3.63, 3.8) is 0 Å². The Kier molecular flexibility index (Phi) is 6.52. The van der Waals surface area contributed by atoms with Crippen LogP contribution < -0.4 is 14.4 Å². The Bertz CT molecular complexity index is 1180. The highest BCUT2D eigenvalue weighted by molar-refractivity contribution is 7.89. The number of ether oxygens (including phenoxy) is 2. The van der Waals surface area contributed by atoms with Crippen molar-refractivity contribution in [2.24, 2.45) is 0 Å². The van der Waals surface area contributed by atoms with Crippen molar-refractivity contribution in [3.8, 4) is 11.5 Å². The summed E-state index contributed by atoms with van der Waals surface area (Å²) in [5, 5.41) is 11.3. The van der Waals surface area contributed by atoms with Crippen LogP contribution in [0.3, 0.4) is 0 Å². The number of nitrogens with zero attached hydrogens (tertiary/aromatic N) is 3. The van der Waals surface area contributed by atoms with Gasteiger partial charge in [0.25, 0.3) is 5.91 Å². The largest absolute Gasteiger partial charge is 0.496 e. The molecule has 0 atom stereocenters. The van der Waals surface area contributed by atoms with Crippen molar-refractivity contribution in [1.29, 1.82) is 0 Å². The summed E-state index contributed by atoms with van der Waals surface area (Å²) >= 11 is 0. The lowest BCUT2D eigenvalue weighted by atomic mass is 10.0. The molecule has 1 amide bonds. The first-order chi connectivity index (χ1) is 15.8. The number of nitro benzene ring substituents is 1. The number of amides is 1. The van der Waals surface area contributed by atoms with E-state index < -0.39 is 14.9 Å². The lowest BCUT2D eigenvalue weighted by molar-refractivity contribution is -0.385. The van der Waals surface area contributed by atoms with Gasteiger partial charge < -0.3 is 14.4 Å². The first kappa shape index (κ1) is 23.0. The molecule has 0 aliphatic carbocycles. The van der Waals surface area contributed by atoms with E-state index in [1.807, 2.05) is 0 Å². The Hall–Kier alpha value is -3.18. The fourth-order valence-corrected chi connectivity index (χ4v) is 5.75. The average molecular weight is 476 g/mol. The second kappa shape index (κ2) is 9.36. The van der Waals surface area contributed by atoms with Gasteiger partial charge >= 0.3 is 5.69 Å². The van der Waals surface area contributed by atoms with E-state index >= 15 is 0 Å². The molecule has 2 heterocycles. The number of benzene rings is 2. The van der Waals surface area contributed by atoms with Crippen molar-refractivity contribution in [2.75, 3.05) is 38.3 Å². The minimum Gasteiger partial charge on any atom is -0.496 e. The summed E-state index contributed by atoms with van der Waals surface area (Å²) in [6.45, 7) is 1.12. The zero-order valence-electron chi connectivity index (χ0n) is 18.2. The van der Waals surface area contributed by atoms with Gasteiger partial charge in [-0.3, -0.25) is 14.9 Å². The highest BCUT2D eigenvalue weighted by Crippen LogP contribution is 2.33. The number of carbonyl (C=O) groups is 1. The van der Waals surface area contributed by atoms with Gasteiger partial charge in [-0.05, 0) is 61.6 Å². The molecule has 0 bridgehead atoms. The Morgan fingerprint density at radius 3 is 2.55 bits per heavy atom. The third-order valence-corrected chi connectivity index (χ3v) is 7.78. The van der Waals surface area contributed by atoms with Crippen LogP contribution in [0.1, 0.15) is 24.8 Å². The normalized spacial score (nSPS) is 16.3. The lowest BCUT2D eigenvalue weighted by Crippen LogP contribution is -2.39. The molecule has 0 aromatic heterocycles. The Morgan fingerprint density at radius 1 is 1.09 bits per heavy atom. The zero-order chi connectivity index (χ0) is 23.6. The number of sulfonamides is 1. The maximum absolute atomic E-state index is 12.9. The molecule has 2 aliphatic rings. The number of anilines is 1. The molecule has 2 aromatic carbocycles. The molecule has 0 unspecified atom stereocenters. The zero-order valence-corrected chi connectivity index (χ0v) is 19.0. The van der Waals surface area contributed by atoms with Crippen LogP contribution in [0.2, 0.25) is 0 Å². The lowest BCUT2D eigenvalue weighted by Gasteiger charge is -2.30. The SMILES string of the molecule is COc1ccc(OCC(=O)N2CCCc3cc(S(=O)(=O)N4CCCC4)ccc32)c([N+](=O)[O-])c1. The smallest absolute Gasteiger partial charge is 0.314 e. The van der Waals surface area contributed by atoms with Gasteiger partial charge in [0.1, 0.15) is 5.75 Å². The first-order valence-corrected chi connectivity index (χ1v) is 12.1. The summed E-state index contributed by atoms with van der Waals surface area (Å²) < 4.78 is 37.8. The summed E-state index contributed by atoms with van der Waals surface area (Å²) in [6, 6.07) is 8.99. The standard InChI is InChI=1S/C22H25N3O7S/c1-31-17-6-9-21(20(14-17)25(27)28)32-15-22(26)24-12-4-5-16-13-18(7-8-19(16)24)33(29,30)23-10-2-3-11-23/h6-9,13-14H,2-5,10-12,15H2,1H3. The van der Waals surface area contributed by atoms with Gasteiger partial charge in [-0.15, -0.1) is 0 Å². The van der Waals surface area contributed by atoms with Crippen LogP contribution >= 0.6 is 0 Å². The Labute approximate surface area is 191 Å². The summed E-state index contributed by atoms with van der Waals surface area (Å²) in [5.41, 5.74) is 1.13. The van der Waals surface area contributed by atoms with E-state index in [0.717, 1.165) is 18.4 Å². The van der Waals surface area contributed by atoms with Crippen molar-refractivity contribution in [1.82, 2.24) is 4.31 Å². The third-order valence-electron chi connectivity index (χ3n) is 5.89. The summed E-state index contributed by atoms with van der Waals surface area (Å²) in [4.78, 5) is 25.4. The minimum atomic E-state index is -3.54. The molecule has 33 heavy (non-hydrogen) atoms. The predicted molar refractivity (Wildman–Crippen MR) is 120 cm³/mol. The Balaban J connectivity index is 1.51. The third kappa shape index (κ3) is 4.64. The molecule has 2 aliphatic heterocycles. The summed E-state index contributed by atoms with van der Waals surface area (Å²) in [5.74, 6) is -0.0836. The molecule has 11 heteroatoms. The van der Waals surface area contributed by atoms with Gasteiger partial charge in [-0.1, -0.05) is 0 Å². The van der Waals surface area contributed by atoms with Gasteiger partial charge in [-0.25, -0.2) is 8.42 Å². The quantitative estimate of drug-likeness (QED) is 0.446. The number of aryl methyl sites for hydroxylation is 1. The van der Waals surface area contributed by atoms with E-state index in [2.05, 4.69) is 0 Å². The van der Waals surface area contributed by atoms with Gasteiger partial charge in [0.05, 0.1) is 23.0 Å².